The van der Waals surface area contributed by atoms with Gasteiger partial charge in [-0.1, -0.05) is 38.4 Å². The first-order valence-corrected chi connectivity index (χ1v) is 10.3. The molecule has 0 radical (unpaired) electrons. The van der Waals surface area contributed by atoms with Crippen molar-refractivity contribution in [3.63, 3.8) is 0 Å². The molecule has 0 fully saturated rings. The highest BCUT2D eigenvalue weighted by molar-refractivity contribution is 9.10. The Hall–Kier alpha value is -1.11. The van der Waals surface area contributed by atoms with Crippen molar-refractivity contribution < 1.29 is 19.4 Å². The Morgan fingerprint density at radius 1 is 1.37 bits per heavy atom. The second kappa shape index (κ2) is 11.0. The zero-order valence-electron chi connectivity index (χ0n) is 16.4. The third kappa shape index (κ3) is 6.77. The number of benzene rings is 1. The molecule has 1 aromatic rings. The van der Waals surface area contributed by atoms with Gasteiger partial charge in [-0.25, -0.2) is 0 Å². The van der Waals surface area contributed by atoms with E-state index in [1.54, 1.807) is 6.92 Å². The quantitative estimate of drug-likeness (QED) is 0.514. The largest absolute Gasteiger partial charge is 0.466 e. The van der Waals surface area contributed by atoms with Gasteiger partial charge in [0.1, 0.15) is 0 Å². The van der Waals surface area contributed by atoms with Crippen LogP contribution in [0.5, 0.6) is 0 Å². The number of carbonyl (C=O) groups is 2. The molecule has 0 saturated carbocycles. The number of nitrogens with one attached hydrogen (secondary N) is 1. The zero-order chi connectivity index (χ0) is 20.6. The molecule has 27 heavy (non-hydrogen) atoms. The average molecular weight is 463 g/mol. The monoisotopic (exact) mass is 461 g/mol. The van der Waals surface area contributed by atoms with Gasteiger partial charge in [-0.2, -0.15) is 0 Å². The third-order valence-electron chi connectivity index (χ3n) is 4.88. The molecule has 0 bridgehead atoms. The van der Waals surface area contributed by atoms with E-state index in [0.29, 0.717) is 11.6 Å². The fourth-order valence-electron chi connectivity index (χ4n) is 3.38. The van der Waals surface area contributed by atoms with Gasteiger partial charge in [0, 0.05) is 29.5 Å². The van der Waals surface area contributed by atoms with E-state index in [2.05, 4.69) is 21.2 Å². The molecule has 1 aromatic carbocycles. The average Bonchev–Trinajstić information content (AvgIpc) is 2.57. The minimum Gasteiger partial charge on any atom is -0.466 e. The maximum atomic E-state index is 12.6. The summed E-state index contributed by atoms with van der Waals surface area (Å²) in [6.07, 6.45) is 0.311. The van der Waals surface area contributed by atoms with E-state index in [9.17, 15) is 14.7 Å². The van der Waals surface area contributed by atoms with E-state index in [-0.39, 0.29) is 49.7 Å². The summed E-state index contributed by atoms with van der Waals surface area (Å²) >= 11 is 9.66. The maximum absolute atomic E-state index is 12.6. The van der Waals surface area contributed by atoms with Gasteiger partial charge >= 0.3 is 5.97 Å². The van der Waals surface area contributed by atoms with E-state index in [4.69, 9.17) is 16.3 Å². The highest BCUT2D eigenvalue weighted by Crippen LogP contribution is 2.41. The molecule has 0 aliphatic rings. The smallest absolute Gasteiger partial charge is 0.307 e. The molecule has 2 N–H and O–H groups in total. The first kappa shape index (κ1) is 23.9. The minimum absolute atomic E-state index is 0.0437. The second-order valence-corrected chi connectivity index (χ2v) is 8.42. The molecule has 1 rings (SSSR count). The lowest BCUT2D eigenvalue weighted by atomic mass is 9.65. The Morgan fingerprint density at radius 2 is 2.04 bits per heavy atom. The molecule has 5 nitrogen and oxygen atoms in total. The zero-order valence-corrected chi connectivity index (χ0v) is 18.7. The Kier molecular flexibility index (Phi) is 9.77. The van der Waals surface area contributed by atoms with Gasteiger partial charge < -0.3 is 15.2 Å². The van der Waals surface area contributed by atoms with Crippen LogP contribution in [0.15, 0.2) is 22.7 Å². The van der Waals surface area contributed by atoms with Crippen molar-refractivity contribution in [2.45, 2.75) is 46.0 Å². The molecule has 1 unspecified atom stereocenters. The number of amides is 1. The maximum Gasteiger partial charge on any atom is 0.307 e. The van der Waals surface area contributed by atoms with Gasteiger partial charge in [0.15, 0.2) is 0 Å². The standard InChI is InChI=1S/C20H29BrClNO4/c1-5-27-19(26)8-9-23-18(25)11-20(4,15(12-24)13(2)3)14-6-7-16(21)17(22)10-14/h6-7,10,13,15,24H,5,8-9,11-12H2,1-4H3,(H,23,25)/t15?,20-/m0/s1. The Labute approximate surface area is 174 Å². The highest BCUT2D eigenvalue weighted by Gasteiger charge is 2.39. The first-order valence-electron chi connectivity index (χ1n) is 9.14. The Balaban J connectivity index is 3.00. The van der Waals surface area contributed by atoms with Gasteiger partial charge in [0.2, 0.25) is 5.91 Å². The summed E-state index contributed by atoms with van der Waals surface area (Å²) in [6.45, 7) is 8.27. The van der Waals surface area contributed by atoms with E-state index >= 15 is 0 Å². The normalized spacial score (nSPS) is 14.5. The third-order valence-corrected chi connectivity index (χ3v) is 6.12. The fraction of sp³-hybridized carbons (Fsp3) is 0.600. The summed E-state index contributed by atoms with van der Waals surface area (Å²) < 4.78 is 5.64. The van der Waals surface area contributed by atoms with Gasteiger partial charge in [-0.3, -0.25) is 9.59 Å². The Bertz CT molecular complexity index is 653. The number of halogens is 2. The molecule has 0 spiro atoms. The van der Waals surface area contributed by atoms with Crippen molar-refractivity contribution in [1.82, 2.24) is 5.32 Å². The lowest BCUT2D eigenvalue weighted by molar-refractivity contribution is -0.143. The number of aliphatic hydroxyl groups excluding tert-OH is 1. The SMILES string of the molecule is CCOC(=O)CCNC(=O)C[C@@](C)(c1ccc(Br)c(Cl)c1)C(CO)C(C)C. The summed E-state index contributed by atoms with van der Waals surface area (Å²) in [7, 11) is 0. The van der Waals surface area contributed by atoms with E-state index in [1.165, 1.54) is 0 Å². The lowest BCUT2D eigenvalue weighted by Crippen LogP contribution is -2.42. The molecule has 152 valence electrons. The fourth-order valence-corrected chi connectivity index (χ4v) is 3.81. The molecule has 0 saturated heterocycles. The van der Waals surface area contributed by atoms with E-state index in [1.807, 2.05) is 39.0 Å². The summed E-state index contributed by atoms with van der Waals surface area (Å²) in [6, 6.07) is 5.61. The van der Waals surface area contributed by atoms with Crippen LogP contribution >= 0.6 is 27.5 Å². The van der Waals surface area contributed by atoms with Crippen LogP contribution in [0.3, 0.4) is 0 Å². The van der Waals surface area contributed by atoms with Crippen LogP contribution in [-0.4, -0.2) is 36.7 Å². The van der Waals surface area contributed by atoms with Crippen LogP contribution in [0.1, 0.15) is 46.1 Å². The van der Waals surface area contributed by atoms with Gasteiger partial charge in [0.25, 0.3) is 0 Å². The van der Waals surface area contributed by atoms with Crippen molar-refractivity contribution in [2.24, 2.45) is 11.8 Å². The van der Waals surface area contributed by atoms with Crippen molar-refractivity contribution in [2.75, 3.05) is 19.8 Å². The van der Waals surface area contributed by atoms with E-state index in [0.717, 1.165) is 10.0 Å². The number of carbonyl (C=O) groups excluding carboxylic acids is 2. The molecule has 0 aromatic heterocycles. The Morgan fingerprint density at radius 3 is 2.56 bits per heavy atom. The molecule has 0 aliphatic heterocycles. The van der Waals surface area contributed by atoms with Crippen LogP contribution in [0.2, 0.25) is 5.02 Å². The topological polar surface area (TPSA) is 75.6 Å². The number of rotatable bonds is 10. The predicted molar refractivity (Wildman–Crippen MR) is 111 cm³/mol. The number of aliphatic hydroxyl groups is 1. The summed E-state index contributed by atoms with van der Waals surface area (Å²) in [4.78, 5) is 24.0. The summed E-state index contributed by atoms with van der Waals surface area (Å²) in [5.74, 6) is -0.490. The number of esters is 1. The summed E-state index contributed by atoms with van der Waals surface area (Å²) in [5.41, 5.74) is 0.283. The van der Waals surface area contributed by atoms with Crippen molar-refractivity contribution >= 4 is 39.4 Å². The number of ether oxygens (including phenoxy) is 1. The van der Waals surface area contributed by atoms with Crippen molar-refractivity contribution in [3.05, 3.63) is 33.3 Å². The van der Waals surface area contributed by atoms with Crippen molar-refractivity contribution in [1.29, 1.82) is 0 Å². The predicted octanol–water partition coefficient (Wildman–Crippen LogP) is 4.08. The van der Waals surface area contributed by atoms with Crippen LogP contribution in [0, 0.1) is 11.8 Å². The van der Waals surface area contributed by atoms with Crippen LogP contribution in [-0.2, 0) is 19.7 Å². The van der Waals surface area contributed by atoms with Crippen LogP contribution in [0.4, 0.5) is 0 Å². The van der Waals surface area contributed by atoms with Gasteiger partial charge in [-0.15, -0.1) is 0 Å². The highest BCUT2D eigenvalue weighted by atomic mass is 79.9. The molecular formula is C20H29BrClNO4. The second-order valence-electron chi connectivity index (χ2n) is 7.16. The van der Waals surface area contributed by atoms with Gasteiger partial charge in [0.05, 0.1) is 18.1 Å². The van der Waals surface area contributed by atoms with Crippen LogP contribution < -0.4 is 5.32 Å². The van der Waals surface area contributed by atoms with Gasteiger partial charge in [-0.05, 0) is 52.4 Å². The molecule has 2 atom stereocenters. The number of hydrogen-bond acceptors (Lipinski definition) is 4. The molecule has 1 amide bonds. The molecule has 0 aliphatic carbocycles. The molecule has 0 heterocycles. The van der Waals surface area contributed by atoms with E-state index < -0.39 is 5.41 Å². The minimum atomic E-state index is -0.610. The van der Waals surface area contributed by atoms with Crippen molar-refractivity contribution in [3.8, 4) is 0 Å². The lowest BCUT2D eigenvalue weighted by Gasteiger charge is -2.39. The summed E-state index contributed by atoms with van der Waals surface area (Å²) in [5, 5.41) is 13.3. The van der Waals surface area contributed by atoms with Crippen LogP contribution in [0.25, 0.3) is 0 Å². The number of hydrogen-bond donors (Lipinski definition) is 2. The molecular weight excluding hydrogens is 434 g/mol. The first-order chi connectivity index (χ1) is 12.7. The molecule has 7 heteroatoms.